The van der Waals surface area contributed by atoms with E-state index in [2.05, 4.69) is 15.0 Å². The number of carbonyl (C=O) groups excluding carboxylic acids is 1. The van der Waals surface area contributed by atoms with Crippen LogP contribution in [-0.2, 0) is 14.9 Å². The van der Waals surface area contributed by atoms with Gasteiger partial charge in [-0.2, -0.15) is 15.2 Å². The highest BCUT2D eigenvalue weighted by molar-refractivity contribution is 5.85. The largest absolute Gasteiger partial charge is 0.467 e. The van der Waals surface area contributed by atoms with Crippen LogP contribution in [0.25, 0.3) is 0 Å². The summed E-state index contributed by atoms with van der Waals surface area (Å²) in [6.07, 6.45) is 0. The van der Waals surface area contributed by atoms with Crippen molar-refractivity contribution < 1.29 is 19.0 Å². The summed E-state index contributed by atoms with van der Waals surface area (Å²) in [4.78, 5) is 23.5. The molecule has 1 rings (SSSR count). The van der Waals surface area contributed by atoms with Crippen LogP contribution in [0.15, 0.2) is 0 Å². The number of ether oxygens (including phenoxy) is 3. The van der Waals surface area contributed by atoms with E-state index in [9.17, 15) is 10.1 Å². The lowest BCUT2D eigenvalue weighted by molar-refractivity contribution is -0.147. The topological polar surface area (TPSA) is 107 Å². The second-order valence-electron chi connectivity index (χ2n) is 3.59. The van der Waals surface area contributed by atoms with Crippen molar-refractivity contribution >= 4 is 5.97 Å². The molecule has 0 aliphatic heterocycles. The van der Waals surface area contributed by atoms with E-state index in [0.717, 1.165) is 0 Å². The fourth-order valence-electron chi connectivity index (χ4n) is 1.21. The van der Waals surface area contributed by atoms with Gasteiger partial charge in [-0.1, -0.05) is 0 Å². The van der Waals surface area contributed by atoms with Gasteiger partial charge < -0.3 is 14.2 Å². The van der Waals surface area contributed by atoms with Crippen molar-refractivity contribution in [2.45, 2.75) is 19.3 Å². The Kier molecular flexibility index (Phi) is 4.58. The highest BCUT2D eigenvalue weighted by atomic mass is 16.5. The predicted octanol–water partition coefficient (Wildman–Crippen LogP) is 0.233. The summed E-state index contributed by atoms with van der Waals surface area (Å²) >= 11 is 0. The van der Waals surface area contributed by atoms with Crippen molar-refractivity contribution in [3.8, 4) is 18.1 Å². The zero-order valence-electron chi connectivity index (χ0n) is 11.1. The maximum Gasteiger partial charge on any atom is 0.334 e. The normalized spacial score (nSPS) is 13.0. The molecule has 0 aliphatic rings. The fraction of sp³-hybridized carbons (Fsp3) is 0.545. The lowest BCUT2D eigenvalue weighted by atomic mass is 9.92. The summed E-state index contributed by atoms with van der Waals surface area (Å²) in [6.45, 7) is 3.15. The molecule has 1 aromatic rings. The van der Waals surface area contributed by atoms with Crippen molar-refractivity contribution in [3.63, 3.8) is 0 Å². The number of aromatic nitrogens is 3. The molecule has 0 spiro atoms. The molecule has 1 heterocycles. The fourth-order valence-corrected chi connectivity index (χ4v) is 1.21. The minimum atomic E-state index is -1.65. The Balaban J connectivity index is 3.32. The van der Waals surface area contributed by atoms with Gasteiger partial charge in [0, 0.05) is 0 Å². The van der Waals surface area contributed by atoms with Crippen LogP contribution in [0.3, 0.4) is 0 Å². The Morgan fingerprint density at radius 3 is 2.16 bits per heavy atom. The van der Waals surface area contributed by atoms with Crippen LogP contribution in [-0.4, -0.2) is 41.7 Å². The Bertz CT molecular complexity index is 492. The van der Waals surface area contributed by atoms with E-state index in [1.54, 1.807) is 6.92 Å². The standard InChI is InChI=1S/C11H14N4O4/c1-5-19-8(16)11(2,6-12)7-13-9(17-3)15-10(14-7)18-4/h5H2,1-4H3. The molecule has 0 aliphatic carbocycles. The Morgan fingerprint density at radius 1 is 1.26 bits per heavy atom. The molecule has 8 nitrogen and oxygen atoms in total. The first kappa shape index (κ1) is 14.6. The van der Waals surface area contributed by atoms with Crippen molar-refractivity contribution in [3.05, 3.63) is 5.82 Å². The smallest absolute Gasteiger partial charge is 0.334 e. The molecule has 1 atom stereocenters. The van der Waals surface area contributed by atoms with Crippen molar-refractivity contribution in [1.29, 1.82) is 5.26 Å². The lowest BCUT2D eigenvalue weighted by Gasteiger charge is -2.18. The summed E-state index contributed by atoms with van der Waals surface area (Å²) in [7, 11) is 2.71. The van der Waals surface area contributed by atoms with Crippen LogP contribution in [0.4, 0.5) is 0 Å². The highest BCUT2D eigenvalue weighted by Crippen LogP contribution is 2.24. The van der Waals surface area contributed by atoms with Gasteiger partial charge in [0.1, 0.15) is 0 Å². The van der Waals surface area contributed by atoms with Gasteiger partial charge in [-0.15, -0.1) is 4.98 Å². The van der Waals surface area contributed by atoms with Gasteiger partial charge >= 0.3 is 18.0 Å². The SMILES string of the molecule is CCOC(=O)C(C)(C#N)c1nc(OC)nc(OC)n1. The monoisotopic (exact) mass is 266 g/mol. The Labute approximate surface area is 110 Å². The van der Waals surface area contributed by atoms with E-state index >= 15 is 0 Å². The molecule has 0 aromatic carbocycles. The minimum absolute atomic E-state index is 0.0485. The number of methoxy groups -OCH3 is 2. The summed E-state index contributed by atoms with van der Waals surface area (Å²) in [6, 6.07) is 1.75. The molecule has 8 heteroatoms. The number of nitrogens with zero attached hydrogens (tertiary/aromatic N) is 4. The molecule has 0 saturated heterocycles. The molecule has 0 fully saturated rings. The quantitative estimate of drug-likeness (QED) is 0.697. The third-order valence-corrected chi connectivity index (χ3v) is 2.31. The molecule has 0 N–H and O–H groups in total. The second kappa shape index (κ2) is 5.95. The van der Waals surface area contributed by atoms with Gasteiger partial charge in [0.05, 0.1) is 26.9 Å². The highest BCUT2D eigenvalue weighted by Gasteiger charge is 2.41. The van der Waals surface area contributed by atoms with Crippen LogP contribution in [0.1, 0.15) is 19.7 Å². The van der Waals surface area contributed by atoms with E-state index in [1.807, 2.05) is 6.07 Å². The van der Waals surface area contributed by atoms with Gasteiger partial charge in [-0.3, -0.25) is 0 Å². The third kappa shape index (κ3) is 2.88. The van der Waals surface area contributed by atoms with E-state index in [0.29, 0.717) is 0 Å². The molecular formula is C11H14N4O4. The average molecular weight is 266 g/mol. The molecule has 0 amide bonds. The minimum Gasteiger partial charge on any atom is -0.467 e. The Hall–Kier alpha value is -2.43. The Morgan fingerprint density at radius 2 is 1.79 bits per heavy atom. The summed E-state index contributed by atoms with van der Waals surface area (Å²) in [5.41, 5.74) is -1.65. The number of hydrogen-bond donors (Lipinski definition) is 0. The number of nitriles is 1. The van der Waals surface area contributed by atoms with Gasteiger partial charge in [-0.05, 0) is 13.8 Å². The van der Waals surface area contributed by atoms with Gasteiger partial charge in [0.15, 0.2) is 5.82 Å². The van der Waals surface area contributed by atoms with Crippen molar-refractivity contribution in [2.75, 3.05) is 20.8 Å². The average Bonchev–Trinajstić information content (AvgIpc) is 2.45. The molecule has 1 aromatic heterocycles. The first-order valence-electron chi connectivity index (χ1n) is 5.44. The molecule has 0 radical (unpaired) electrons. The van der Waals surface area contributed by atoms with Crippen LogP contribution in [0, 0.1) is 11.3 Å². The number of carbonyl (C=O) groups is 1. The zero-order chi connectivity index (χ0) is 14.5. The van der Waals surface area contributed by atoms with Gasteiger partial charge in [0.25, 0.3) is 0 Å². The van der Waals surface area contributed by atoms with Crippen LogP contribution >= 0.6 is 0 Å². The molecule has 19 heavy (non-hydrogen) atoms. The summed E-state index contributed by atoms with van der Waals surface area (Å²) in [5, 5.41) is 9.23. The molecule has 0 saturated carbocycles. The summed E-state index contributed by atoms with van der Waals surface area (Å²) < 4.78 is 14.6. The molecular weight excluding hydrogens is 252 g/mol. The number of esters is 1. The van der Waals surface area contributed by atoms with Crippen molar-refractivity contribution in [2.24, 2.45) is 0 Å². The summed E-state index contributed by atoms with van der Waals surface area (Å²) in [5.74, 6) is -0.829. The van der Waals surface area contributed by atoms with E-state index < -0.39 is 11.4 Å². The van der Waals surface area contributed by atoms with Crippen LogP contribution < -0.4 is 9.47 Å². The molecule has 0 bridgehead atoms. The van der Waals surface area contributed by atoms with Crippen molar-refractivity contribution in [1.82, 2.24) is 15.0 Å². The lowest BCUT2D eigenvalue weighted by Crippen LogP contribution is -2.35. The number of hydrogen-bond acceptors (Lipinski definition) is 8. The first-order chi connectivity index (χ1) is 9.01. The number of rotatable bonds is 5. The third-order valence-electron chi connectivity index (χ3n) is 2.31. The van der Waals surface area contributed by atoms with Crippen LogP contribution in [0.2, 0.25) is 0 Å². The van der Waals surface area contributed by atoms with Gasteiger partial charge in [0.2, 0.25) is 5.41 Å². The first-order valence-corrected chi connectivity index (χ1v) is 5.44. The molecule has 1 unspecified atom stereocenters. The van der Waals surface area contributed by atoms with Crippen LogP contribution in [0.5, 0.6) is 12.0 Å². The van der Waals surface area contributed by atoms with Gasteiger partial charge in [-0.25, -0.2) is 4.79 Å². The zero-order valence-corrected chi connectivity index (χ0v) is 11.1. The molecule has 102 valence electrons. The predicted molar refractivity (Wildman–Crippen MR) is 62.5 cm³/mol. The maximum atomic E-state index is 11.9. The second-order valence-corrected chi connectivity index (χ2v) is 3.59. The van der Waals surface area contributed by atoms with E-state index in [1.165, 1.54) is 21.1 Å². The maximum absolute atomic E-state index is 11.9. The van der Waals surface area contributed by atoms with E-state index in [4.69, 9.17) is 14.2 Å². The van der Waals surface area contributed by atoms with E-state index in [-0.39, 0.29) is 24.5 Å².